The minimum atomic E-state index is -1.05. The molecule has 1 aromatic rings. The van der Waals surface area contributed by atoms with Gasteiger partial charge in [-0.1, -0.05) is 6.07 Å². The van der Waals surface area contributed by atoms with E-state index in [1.807, 2.05) is 6.07 Å². The lowest BCUT2D eigenvalue weighted by Crippen LogP contribution is -2.25. The van der Waals surface area contributed by atoms with E-state index >= 15 is 0 Å². The highest BCUT2D eigenvalue weighted by atomic mass is 16.6. The number of nitro benzene ring substituents is 1. The number of esters is 2. The fourth-order valence-electron chi connectivity index (χ4n) is 2.86. The van der Waals surface area contributed by atoms with E-state index in [9.17, 15) is 25.0 Å². The van der Waals surface area contributed by atoms with Crippen LogP contribution >= 0.6 is 0 Å². The number of nitriles is 1. The molecule has 30 heavy (non-hydrogen) atoms. The van der Waals surface area contributed by atoms with Crippen LogP contribution < -0.4 is 10.5 Å². The van der Waals surface area contributed by atoms with Crippen molar-refractivity contribution in [2.24, 2.45) is 5.73 Å². The summed E-state index contributed by atoms with van der Waals surface area (Å²) in [5.41, 5.74) is 5.46. The van der Waals surface area contributed by atoms with E-state index < -0.39 is 35.1 Å². The summed E-state index contributed by atoms with van der Waals surface area (Å²) in [6.07, 6.45) is 0. The van der Waals surface area contributed by atoms with Gasteiger partial charge in [-0.2, -0.15) is 5.26 Å². The lowest BCUT2D eigenvalue weighted by atomic mass is 9.83. The highest BCUT2D eigenvalue weighted by Crippen LogP contribution is 2.42. The normalized spacial score (nSPS) is 15.7. The highest BCUT2D eigenvalue weighted by molar-refractivity contribution is 5.92. The zero-order valence-corrected chi connectivity index (χ0v) is 16.5. The Morgan fingerprint density at radius 2 is 2.10 bits per heavy atom. The van der Waals surface area contributed by atoms with Crippen molar-refractivity contribution in [1.29, 1.82) is 5.26 Å². The number of methoxy groups -OCH3 is 1. The minimum Gasteiger partial charge on any atom is -0.475 e. The first kappa shape index (κ1) is 22.2. The molecule has 11 nitrogen and oxygen atoms in total. The molecule has 1 aliphatic rings. The second-order valence-electron chi connectivity index (χ2n) is 5.96. The van der Waals surface area contributed by atoms with Crippen molar-refractivity contribution in [1.82, 2.24) is 0 Å². The molecule has 2 N–H and O–H groups in total. The maximum absolute atomic E-state index is 12.5. The van der Waals surface area contributed by atoms with E-state index in [0.29, 0.717) is 0 Å². The molecule has 0 saturated heterocycles. The van der Waals surface area contributed by atoms with Crippen LogP contribution in [0.1, 0.15) is 25.3 Å². The topological polar surface area (TPSA) is 164 Å². The van der Waals surface area contributed by atoms with Gasteiger partial charge in [0, 0.05) is 6.07 Å². The van der Waals surface area contributed by atoms with Gasteiger partial charge in [0.2, 0.25) is 5.88 Å². The molecule has 0 bridgehead atoms. The summed E-state index contributed by atoms with van der Waals surface area (Å²) in [7, 11) is 1.15. The number of carbonyl (C=O) groups excluding carboxylic acids is 2. The van der Waals surface area contributed by atoms with Crippen molar-refractivity contribution in [2.45, 2.75) is 19.8 Å². The van der Waals surface area contributed by atoms with Crippen LogP contribution in [0.3, 0.4) is 0 Å². The van der Waals surface area contributed by atoms with Crippen molar-refractivity contribution in [2.75, 3.05) is 20.3 Å². The van der Waals surface area contributed by atoms with Crippen molar-refractivity contribution in [3.8, 4) is 11.8 Å². The zero-order chi connectivity index (χ0) is 22.4. The van der Waals surface area contributed by atoms with Crippen molar-refractivity contribution in [3.05, 3.63) is 56.7 Å². The van der Waals surface area contributed by atoms with Gasteiger partial charge in [-0.15, -0.1) is 0 Å². The molecule has 1 atom stereocenters. The number of benzene rings is 1. The van der Waals surface area contributed by atoms with Crippen LogP contribution in [0.4, 0.5) is 5.69 Å². The Bertz CT molecular complexity index is 990. The standard InChI is InChI=1S/C19H19N3O8/c1-4-28-19(24)16-10(2)30-18(21)12(8-20)17(16)11-5-6-14(13(7-11)22(25)26)29-9-15(23)27-3/h5-7,17H,4,9,21H2,1-3H3. The summed E-state index contributed by atoms with van der Waals surface area (Å²) in [5, 5.41) is 21.1. The molecule has 0 radical (unpaired) electrons. The van der Waals surface area contributed by atoms with Gasteiger partial charge in [-0.05, 0) is 25.5 Å². The third-order valence-corrected chi connectivity index (χ3v) is 4.19. The van der Waals surface area contributed by atoms with E-state index in [2.05, 4.69) is 4.74 Å². The Morgan fingerprint density at radius 1 is 1.40 bits per heavy atom. The fraction of sp³-hybridized carbons (Fsp3) is 0.316. The first-order valence-electron chi connectivity index (χ1n) is 8.68. The van der Waals surface area contributed by atoms with E-state index in [0.717, 1.165) is 13.2 Å². The number of hydrogen-bond acceptors (Lipinski definition) is 10. The van der Waals surface area contributed by atoms with Crippen LogP contribution in [0.15, 0.2) is 41.0 Å². The molecule has 1 unspecified atom stereocenters. The predicted octanol–water partition coefficient (Wildman–Crippen LogP) is 1.79. The lowest BCUT2D eigenvalue weighted by Gasteiger charge is -2.26. The van der Waals surface area contributed by atoms with Crippen molar-refractivity contribution in [3.63, 3.8) is 0 Å². The van der Waals surface area contributed by atoms with Gasteiger partial charge in [-0.3, -0.25) is 10.1 Å². The molecule has 1 heterocycles. The number of ether oxygens (including phenoxy) is 4. The number of nitrogens with two attached hydrogens (primary N) is 1. The number of nitrogens with zero attached hydrogens (tertiary/aromatic N) is 2. The second-order valence-corrected chi connectivity index (χ2v) is 5.96. The van der Waals surface area contributed by atoms with Crippen LogP contribution in [0, 0.1) is 21.4 Å². The van der Waals surface area contributed by atoms with E-state index in [1.165, 1.54) is 19.1 Å². The summed E-state index contributed by atoms with van der Waals surface area (Å²) in [4.78, 5) is 34.6. The molecular weight excluding hydrogens is 398 g/mol. The van der Waals surface area contributed by atoms with Gasteiger partial charge in [-0.25, -0.2) is 9.59 Å². The summed E-state index contributed by atoms with van der Waals surface area (Å²) >= 11 is 0. The Hall–Kier alpha value is -4.07. The first-order chi connectivity index (χ1) is 14.2. The first-order valence-corrected chi connectivity index (χ1v) is 8.68. The van der Waals surface area contributed by atoms with Crippen molar-refractivity contribution >= 4 is 17.6 Å². The summed E-state index contributed by atoms with van der Waals surface area (Å²) < 4.78 is 20.0. The molecule has 0 spiro atoms. The number of allylic oxidation sites excluding steroid dienone is 2. The monoisotopic (exact) mass is 417 g/mol. The van der Waals surface area contributed by atoms with E-state index in [1.54, 1.807) is 6.92 Å². The second kappa shape index (κ2) is 9.42. The lowest BCUT2D eigenvalue weighted by molar-refractivity contribution is -0.385. The average molecular weight is 417 g/mol. The molecule has 1 aliphatic heterocycles. The fourth-order valence-corrected chi connectivity index (χ4v) is 2.86. The third-order valence-electron chi connectivity index (χ3n) is 4.19. The van der Waals surface area contributed by atoms with Gasteiger partial charge in [0.25, 0.3) is 0 Å². The predicted molar refractivity (Wildman–Crippen MR) is 101 cm³/mol. The van der Waals surface area contributed by atoms with Crippen molar-refractivity contribution < 1.29 is 33.5 Å². The van der Waals surface area contributed by atoms with Gasteiger partial charge in [0.05, 0.1) is 30.1 Å². The maximum Gasteiger partial charge on any atom is 0.343 e. The summed E-state index contributed by atoms with van der Waals surface area (Å²) in [5.74, 6) is -2.80. The number of nitro groups is 1. The zero-order valence-electron chi connectivity index (χ0n) is 16.5. The Balaban J connectivity index is 2.59. The molecule has 0 aliphatic carbocycles. The Kier molecular flexibility index (Phi) is 6.98. The molecule has 0 fully saturated rings. The number of rotatable bonds is 7. The smallest absolute Gasteiger partial charge is 0.343 e. The minimum absolute atomic E-state index is 0.000118. The quantitative estimate of drug-likeness (QED) is 0.393. The van der Waals surface area contributed by atoms with Gasteiger partial charge in [0.15, 0.2) is 12.4 Å². The molecule has 158 valence electrons. The van der Waals surface area contributed by atoms with Crippen LogP contribution in [0.2, 0.25) is 0 Å². The molecule has 11 heteroatoms. The molecule has 0 aromatic heterocycles. The number of hydrogen-bond donors (Lipinski definition) is 1. The SMILES string of the molecule is CCOC(=O)C1=C(C)OC(N)=C(C#N)C1c1ccc(OCC(=O)OC)c([N+](=O)[O-])c1. The van der Waals surface area contributed by atoms with Gasteiger partial charge >= 0.3 is 17.6 Å². The average Bonchev–Trinajstić information content (AvgIpc) is 2.71. The Labute approximate surface area is 171 Å². The van der Waals surface area contributed by atoms with Crippen LogP contribution in [-0.4, -0.2) is 37.2 Å². The van der Waals surface area contributed by atoms with Crippen LogP contribution in [0.5, 0.6) is 5.75 Å². The van der Waals surface area contributed by atoms with Crippen LogP contribution in [0.25, 0.3) is 0 Å². The van der Waals surface area contributed by atoms with Crippen LogP contribution in [-0.2, 0) is 23.8 Å². The number of carbonyl (C=O) groups is 2. The summed E-state index contributed by atoms with van der Waals surface area (Å²) in [6, 6.07) is 5.71. The Morgan fingerprint density at radius 3 is 2.67 bits per heavy atom. The molecular formula is C19H19N3O8. The largest absolute Gasteiger partial charge is 0.475 e. The maximum atomic E-state index is 12.5. The van der Waals surface area contributed by atoms with E-state index in [4.69, 9.17) is 19.9 Å². The molecule has 0 saturated carbocycles. The third kappa shape index (κ3) is 4.49. The van der Waals surface area contributed by atoms with Gasteiger partial charge < -0.3 is 24.7 Å². The summed E-state index contributed by atoms with van der Waals surface area (Å²) in [6.45, 7) is 2.63. The highest BCUT2D eigenvalue weighted by Gasteiger charge is 2.37. The van der Waals surface area contributed by atoms with E-state index in [-0.39, 0.29) is 40.7 Å². The van der Waals surface area contributed by atoms with Gasteiger partial charge in [0.1, 0.15) is 17.4 Å². The molecule has 2 rings (SSSR count). The molecule has 0 amide bonds. The molecule has 1 aromatic carbocycles.